The number of carbonyl (C=O) groups is 1. The number of nitrogens with zero attached hydrogens (tertiary/aromatic N) is 1. The van der Waals surface area contributed by atoms with Crippen LogP contribution in [0.5, 0.6) is 0 Å². The third kappa shape index (κ3) is 2.51. The number of Topliss-reactive ketones (excluding diaryl/α,β-unsaturated/α-hetero) is 1. The van der Waals surface area contributed by atoms with Crippen molar-refractivity contribution < 1.29 is 9.72 Å². The molecule has 2 aromatic rings. The van der Waals surface area contributed by atoms with Crippen LogP contribution in [0.4, 0.5) is 11.4 Å². The van der Waals surface area contributed by atoms with Crippen molar-refractivity contribution in [2.75, 3.05) is 12.4 Å². The Kier molecular flexibility index (Phi) is 3.79. The van der Waals surface area contributed by atoms with Crippen molar-refractivity contribution in [3.8, 4) is 11.1 Å². The van der Waals surface area contributed by atoms with Crippen LogP contribution in [-0.4, -0.2) is 17.8 Å². The van der Waals surface area contributed by atoms with E-state index in [4.69, 9.17) is 0 Å². The van der Waals surface area contributed by atoms with Crippen LogP contribution >= 0.6 is 0 Å². The second kappa shape index (κ2) is 5.52. The molecular formula is C15H14N2O3. The molecule has 0 amide bonds. The summed E-state index contributed by atoms with van der Waals surface area (Å²) in [7, 11) is 1.68. The van der Waals surface area contributed by atoms with Crippen molar-refractivity contribution in [3.05, 3.63) is 58.1 Å². The molecule has 0 spiro atoms. The molecule has 0 heterocycles. The number of nitro groups is 1. The van der Waals surface area contributed by atoms with Crippen LogP contribution in [0.2, 0.25) is 0 Å². The van der Waals surface area contributed by atoms with Gasteiger partial charge in [0.15, 0.2) is 5.78 Å². The van der Waals surface area contributed by atoms with E-state index in [2.05, 4.69) is 5.32 Å². The SMILES string of the molecule is CNc1cc(-c2ccccc2)c([N+](=O)[O-])cc1C(C)=O. The number of nitro benzene ring substituents is 1. The van der Waals surface area contributed by atoms with Crippen LogP contribution < -0.4 is 5.32 Å². The first-order chi connectivity index (χ1) is 9.54. The second-order valence-electron chi connectivity index (χ2n) is 4.34. The van der Waals surface area contributed by atoms with Gasteiger partial charge in [-0.2, -0.15) is 0 Å². The first-order valence-electron chi connectivity index (χ1n) is 6.11. The molecule has 0 fully saturated rings. The number of rotatable bonds is 4. The summed E-state index contributed by atoms with van der Waals surface area (Å²) in [6, 6.07) is 12.1. The van der Waals surface area contributed by atoms with Gasteiger partial charge in [0.05, 0.1) is 10.5 Å². The van der Waals surface area contributed by atoms with E-state index in [0.717, 1.165) is 5.56 Å². The number of anilines is 1. The van der Waals surface area contributed by atoms with Crippen LogP contribution in [0.1, 0.15) is 17.3 Å². The lowest BCUT2D eigenvalue weighted by Crippen LogP contribution is -2.03. The van der Waals surface area contributed by atoms with Crippen LogP contribution in [0.25, 0.3) is 11.1 Å². The summed E-state index contributed by atoms with van der Waals surface area (Å²) in [6.45, 7) is 1.39. The highest BCUT2D eigenvalue weighted by Crippen LogP contribution is 2.34. The Hall–Kier alpha value is -2.69. The van der Waals surface area contributed by atoms with Crippen molar-refractivity contribution in [1.29, 1.82) is 0 Å². The van der Waals surface area contributed by atoms with Gasteiger partial charge in [-0.3, -0.25) is 14.9 Å². The highest BCUT2D eigenvalue weighted by molar-refractivity contribution is 6.02. The Morgan fingerprint density at radius 2 is 1.85 bits per heavy atom. The number of carbonyl (C=O) groups excluding carboxylic acids is 1. The third-order valence-electron chi connectivity index (χ3n) is 3.07. The molecule has 5 nitrogen and oxygen atoms in total. The number of benzene rings is 2. The summed E-state index contributed by atoms with van der Waals surface area (Å²) in [6.07, 6.45) is 0. The Labute approximate surface area is 116 Å². The standard InChI is InChI=1S/C15H14N2O3/c1-10(18)12-9-15(17(19)20)13(8-14(12)16-2)11-6-4-3-5-7-11/h3-9,16H,1-2H3. The maximum atomic E-state index is 11.6. The zero-order chi connectivity index (χ0) is 14.7. The fraction of sp³-hybridized carbons (Fsp3) is 0.133. The Bertz CT molecular complexity index is 666. The normalized spacial score (nSPS) is 10.1. The smallest absolute Gasteiger partial charge is 0.278 e. The molecule has 0 unspecified atom stereocenters. The maximum Gasteiger partial charge on any atom is 0.278 e. The molecule has 102 valence electrons. The lowest BCUT2D eigenvalue weighted by molar-refractivity contribution is -0.384. The van der Waals surface area contributed by atoms with Crippen molar-refractivity contribution in [3.63, 3.8) is 0 Å². The molecule has 0 radical (unpaired) electrons. The van der Waals surface area contributed by atoms with E-state index < -0.39 is 4.92 Å². The fourth-order valence-corrected chi connectivity index (χ4v) is 2.09. The fourth-order valence-electron chi connectivity index (χ4n) is 2.09. The van der Waals surface area contributed by atoms with Crippen molar-refractivity contribution >= 4 is 17.2 Å². The summed E-state index contributed by atoms with van der Waals surface area (Å²) < 4.78 is 0. The van der Waals surface area contributed by atoms with Gasteiger partial charge in [0, 0.05) is 24.4 Å². The molecule has 0 bridgehead atoms. The summed E-state index contributed by atoms with van der Waals surface area (Å²) >= 11 is 0. The van der Waals surface area contributed by atoms with Crippen molar-refractivity contribution in [2.45, 2.75) is 6.92 Å². The highest BCUT2D eigenvalue weighted by atomic mass is 16.6. The van der Waals surface area contributed by atoms with Crippen LogP contribution in [0.3, 0.4) is 0 Å². The molecule has 0 saturated carbocycles. The number of ketones is 1. The molecule has 0 aliphatic rings. The second-order valence-corrected chi connectivity index (χ2v) is 4.34. The van der Waals surface area contributed by atoms with Gasteiger partial charge in [-0.15, -0.1) is 0 Å². The average molecular weight is 270 g/mol. The molecule has 0 aliphatic carbocycles. The van der Waals surface area contributed by atoms with Gasteiger partial charge in [-0.25, -0.2) is 0 Å². The number of hydrogen-bond donors (Lipinski definition) is 1. The summed E-state index contributed by atoms with van der Waals surface area (Å²) in [5, 5.41) is 14.2. The van der Waals surface area contributed by atoms with Crippen molar-refractivity contribution in [1.82, 2.24) is 0 Å². The first-order valence-corrected chi connectivity index (χ1v) is 6.11. The average Bonchev–Trinajstić information content (AvgIpc) is 2.46. The van der Waals surface area contributed by atoms with Crippen LogP contribution in [0, 0.1) is 10.1 Å². The largest absolute Gasteiger partial charge is 0.388 e. The van der Waals surface area contributed by atoms with Gasteiger partial charge in [0.25, 0.3) is 5.69 Å². The quantitative estimate of drug-likeness (QED) is 0.524. The molecule has 2 rings (SSSR count). The van der Waals surface area contributed by atoms with Gasteiger partial charge >= 0.3 is 0 Å². The van der Waals surface area contributed by atoms with Gasteiger partial charge in [0.1, 0.15) is 0 Å². The molecule has 2 aromatic carbocycles. The monoisotopic (exact) mass is 270 g/mol. The summed E-state index contributed by atoms with van der Waals surface area (Å²) in [4.78, 5) is 22.4. The topological polar surface area (TPSA) is 72.2 Å². The lowest BCUT2D eigenvalue weighted by Gasteiger charge is -2.10. The van der Waals surface area contributed by atoms with E-state index in [1.165, 1.54) is 13.0 Å². The third-order valence-corrected chi connectivity index (χ3v) is 3.07. The van der Waals surface area contributed by atoms with Gasteiger partial charge < -0.3 is 5.32 Å². The van der Waals surface area contributed by atoms with Crippen LogP contribution in [0.15, 0.2) is 42.5 Å². The van der Waals surface area contributed by atoms with E-state index in [9.17, 15) is 14.9 Å². The molecular weight excluding hydrogens is 256 g/mol. The molecule has 1 N–H and O–H groups in total. The zero-order valence-electron chi connectivity index (χ0n) is 11.2. The Balaban J connectivity index is 2.73. The van der Waals surface area contributed by atoms with Crippen molar-refractivity contribution in [2.24, 2.45) is 0 Å². The van der Waals surface area contributed by atoms with E-state index in [0.29, 0.717) is 16.8 Å². The molecule has 20 heavy (non-hydrogen) atoms. The minimum absolute atomic E-state index is 0.0691. The highest BCUT2D eigenvalue weighted by Gasteiger charge is 2.20. The predicted molar refractivity (Wildman–Crippen MR) is 78.1 cm³/mol. The van der Waals surface area contributed by atoms with Gasteiger partial charge in [-0.05, 0) is 18.6 Å². The lowest BCUT2D eigenvalue weighted by atomic mass is 9.98. The first kappa shape index (κ1) is 13.7. The van der Waals surface area contributed by atoms with Gasteiger partial charge in [0.2, 0.25) is 0 Å². The molecule has 0 saturated heterocycles. The molecule has 5 heteroatoms. The van der Waals surface area contributed by atoms with E-state index in [-0.39, 0.29) is 11.5 Å². The summed E-state index contributed by atoms with van der Waals surface area (Å²) in [5.41, 5.74) is 2.07. The van der Waals surface area contributed by atoms with E-state index >= 15 is 0 Å². The Morgan fingerprint density at radius 3 is 2.35 bits per heavy atom. The molecule has 0 aliphatic heterocycles. The Morgan fingerprint density at radius 1 is 1.20 bits per heavy atom. The summed E-state index contributed by atoms with van der Waals surface area (Å²) in [5.74, 6) is -0.211. The minimum atomic E-state index is -0.464. The number of hydrogen-bond acceptors (Lipinski definition) is 4. The van der Waals surface area contributed by atoms with Crippen LogP contribution in [-0.2, 0) is 0 Å². The van der Waals surface area contributed by atoms with Gasteiger partial charge in [-0.1, -0.05) is 30.3 Å². The molecule has 0 aromatic heterocycles. The predicted octanol–water partition coefficient (Wildman–Crippen LogP) is 3.51. The number of nitrogens with one attached hydrogen (secondary N) is 1. The molecule has 0 atom stereocenters. The minimum Gasteiger partial charge on any atom is -0.388 e. The van der Waals surface area contributed by atoms with E-state index in [1.807, 2.05) is 18.2 Å². The van der Waals surface area contributed by atoms with E-state index in [1.54, 1.807) is 25.2 Å². The maximum absolute atomic E-state index is 11.6. The zero-order valence-corrected chi connectivity index (χ0v) is 11.2.